The summed E-state index contributed by atoms with van der Waals surface area (Å²) in [7, 11) is 0. The van der Waals surface area contributed by atoms with E-state index in [1.165, 1.54) is 0 Å². The molecule has 6 nitrogen and oxygen atoms in total. The van der Waals surface area contributed by atoms with Crippen molar-refractivity contribution in [3.63, 3.8) is 0 Å². The summed E-state index contributed by atoms with van der Waals surface area (Å²) in [5.74, 6) is -2.07. The van der Waals surface area contributed by atoms with Gasteiger partial charge in [-0.2, -0.15) is 0 Å². The molecule has 0 radical (unpaired) electrons. The van der Waals surface area contributed by atoms with Gasteiger partial charge in [0.2, 0.25) is 5.91 Å². The van der Waals surface area contributed by atoms with Gasteiger partial charge >= 0.3 is 11.9 Å². The van der Waals surface area contributed by atoms with Crippen LogP contribution in [0.1, 0.15) is 58.6 Å². The number of rotatable bonds is 12. The number of benzene rings is 1. The first kappa shape index (κ1) is 26.1. The molecule has 0 fully saturated rings. The number of carbonyl (C=O) groups excluding carboxylic acids is 3. The van der Waals surface area contributed by atoms with Gasteiger partial charge < -0.3 is 14.8 Å². The van der Waals surface area contributed by atoms with Crippen LogP contribution in [0.15, 0.2) is 55.6 Å². The van der Waals surface area contributed by atoms with Crippen LogP contribution >= 0.6 is 0 Å². The number of ether oxygens (including phenoxy) is 2. The van der Waals surface area contributed by atoms with Crippen molar-refractivity contribution in [2.24, 2.45) is 11.8 Å². The normalized spacial score (nSPS) is 13.9. The number of hydrogen-bond acceptors (Lipinski definition) is 5. The van der Waals surface area contributed by atoms with E-state index in [0.29, 0.717) is 12.8 Å². The SMILES string of the molecule is C=CC[C@@H](CC(=O)OC(C)(C)C)C(=O)NC[C@H](OC(=O)[C@H](C)CC=C)c1ccccc1. The Kier molecular flexibility index (Phi) is 10.7. The van der Waals surface area contributed by atoms with E-state index in [1.807, 2.05) is 30.3 Å². The van der Waals surface area contributed by atoms with Crippen LogP contribution in [-0.2, 0) is 23.9 Å². The number of amides is 1. The van der Waals surface area contributed by atoms with Crippen LogP contribution in [0.4, 0.5) is 0 Å². The Bertz CT molecular complexity index is 751. The fourth-order valence-electron chi connectivity index (χ4n) is 2.90. The van der Waals surface area contributed by atoms with E-state index in [2.05, 4.69) is 18.5 Å². The zero-order valence-electron chi connectivity index (χ0n) is 19.1. The molecule has 0 aromatic heterocycles. The second-order valence-corrected chi connectivity index (χ2v) is 8.52. The largest absolute Gasteiger partial charge is 0.460 e. The molecule has 6 heteroatoms. The van der Waals surface area contributed by atoms with E-state index in [1.54, 1.807) is 39.8 Å². The van der Waals surface area contributed by atoms with E-state index in [0.717, 1.165) is 5.56 Å². The van der Waals surface area contributed by atoms with Crippen LogP contribution in [0.2, 0.25) is 0 Å². The number of nitrogens with one attached hydrogen (secondary N) is 1. The Morgan fingerprint density at radius 3 is 2.23 bits per heavy atom. The maximum atomic E-state index is 12.8. The molecular formula is C25H35NO5. The summed E-state index contributed by atoms with van der Waals surface area (Å²) in [4.78, 5) is 37.4. The predicted octanol–water partition coefficient (Wildman–Crippen LogP) is 4.52. The lowest BCUT2D eigenvalue weighted by Crippen LogP contribution is -2.37. The van der Waals surface area contributed by atoms with Gasteiger partial charge in [0.15, 0.2) is 0 Å². The van der Waals surface area contributed by atoms with Gasteiger partial charge in [0.25, 0.3) is 0 Å². The molecule has 3 atom stereocenters. The Balaban J connectivity index is 2.84. The summed E-state index contributed by atoms with van der Waals surface area (Å²) in [6.45, 7) is 14.5. The minimum atomic E-state index is -0.643. The Hall–Kier alpha value is -2.89. The van der Waals surface area contributed by atoms with E-state index >= 15 is 0 Å². The Labute approximate surface area is 185 Å². The summed E-state index contributed by atoms with van der Waals surface area (Å²) >= 11 is 0. The van der Waals surface area contributed by atoms with Crippen LogP contribution in [0.25, 0.3) is 0 Å². The first-order valence-electron chi connectivity index (χ1n) is 10.5. The Morgan fingerprint density at radius 1 is 1.06 bits per heavy atom. The highest BCUT2D eigenvalue weighted by Crippen LogP contribution is 2.20. The molecule has 0 bridgehead atoms. The molecular weight excluding hydrogens is 394 g/mol. The number of allylic oxidation sites excluding steroid dienone is 2. The summed E-state index contributed by atoms with van der Waals surface area (Å²) in [5, 5.41) is 2.82. The van der Waals surface area contributed by atoms with Gasteiger partial charge in [-0.15, -0.1) is 13.2 Å². The summed E-state index contributed by atoms with van der Waals surface area (Å²) in [5.41, 5.74) is 0.149. The Morgan fingerprint density at radius 2 is 1.68 bits per heavy atom. The number of carbonyl (C=O) groups is 3. The van der Waals surface area contributed by atoms with Crippen molar-refractivity contribution in [3.8, 4) is 0 Å². The summed E-state index contributed by atoms with van der Waals surface area (Å²) in [6, 6.07) is 9.22. The van der Waals surface area contributed by atoms with Crippen LogP contribution < -0.4 is 5.32 Å². The predicted molar refractivity (Wildman–Crippen MR) is 121 cm³/mol. The van der Waals surface area contributed by atoms with Crippen molar-refractivity contribution in [3.05, 3.63) is 61.2 Å². The maximum Gasteiger partial charge on any atom is 0.309 e. The van der Waals surface area contributed by atoms with Crippen molar-refractivity contribution in [1.82, 2.24) is 5.32 Å². The highest BCUT2D eigenvalue weighted by Gasteiger charge is 2.26. The van der Waals surface area contributed by atoms with Crippen LogP contribution in [0.3, 0.4) is 0 Å². The monoisotopic (exact) mass is 429 g/mol. The molecule has 0 unspecified atom stereocenters. The van der Waals surface area contributed by atoms with Gasteiger partial charge in [0.1, 0.15) is 11.7 Å². The van der Waals surface area contributed by atoms with Crippen LogP contribution in [0, 0.1) is 11.8 Å². The van der Waals surface area contributed by atoms with Gasteiger partial charge in [-0.3, -0.25) is 14.4 Å². The molecule has 1 N–H and O–H groups in total. The quantitative estimate of drug-likeness (QED) is 0.390. The molecule has 0 saturated heterocycles. The number of esters is 2. The molecule has 31 heavy (non-hydrogen) atoms. The average molecular weight is 430 g/mol. The molecule has 0 spiro atoms. The lowest BCUT2D eigenvalue weighted by Gasteiger charge is -2.23. The lowest BCUT2D eigenvalue weighted by atomic mass is 9.99. The first-order chi connectivity index (χ1) is 14.6. The van der Waals surface area contributed by atoms with Crippen molar-refractivity contribution >= 4 is 17.8 Å². The van der Waals surface area contributed by atoms with Gasteiger partial charge in [0.05, 0.1) is 24.8 Å². The first-order valence-corrected chi connectivity index (χ1v) is 10.5. The molecule has 0 saturated carbocycles. The van der Waals surface area contributed by atoms with Crippen LogP contribution in [0.5, 0.6) is 0 Å². The van der Waals surface area contributed by atoms with Gasteiger partial charge in [-0.05, 0) is 39.2 Å². The third kappa shape index (κ3) is 10.1. The van der Waals surface area contributed by atoms with Crippen molar-refractivity contribution < 1.29 is 23.9 Å². The van der Waals surface area contributed by atoms with E-state index in [-0.39, 0.29) is 30.8 Å². The van der Waals surface area contributed by atoms with Crippen molar-refractivity contribution in [2.45, 2.75) is 58.7 Å². The third-order valence-electron chi connectivity index (χ3n) is 4.47. The fraction of sp³-hybridized carbons (Fsp3) is 0.480. The molecule has 0 heterocycles. The van der Waals surface area contributed by atoms with E-state index in [9.17, 15) is 14.4 Å². The molecule has 1 rings (SSSR count). The second-order valence-electron chi connectivity index (χ2n) is 8.52. The van der Waals surface area contributed by atoms with Crippen LogP contribution in [-0.4, -0.2) is 30.0 Å². The zero-order chi connectivity index (χ0) is 23.4. The molecule has 1 aromatic rings. The van der Waals surface area contributed by atoms with Gasteiger partial charge in [0, 0.05) is 0 Å². The average Bonchev–Trinajstić information content (AvgIpc) is 2.69. The highest BCUT2D eigenvalue weighted by molar-refractivity contribution is 5.84. The van der Waals surface area contributed by atoms with E-state index < -0.39 is 23.6 Å². The topological polar surface area (TPSA) is 81.7 Å². The summed E-state index contributed by atoms with van der Waals surface area (Å²) in [6.07, 6.45) is 3.40. The minimum Gasteiger partial charge on any atom is -0.460 e. The van der Waals surface area contributed by atoms with E-state index in [4.69, 9.17) is 9.47 Å². The molecule has 170 valence electrons. The highest BCUT2D eigenvalue weighted by atomic mass is 16.6. The van der Waals surface area contributed by atoms with Crippen molar-refractivity contribution in [1.29, 1.82) is 0 Å². The molecule has 0 aliphatic carbocycles. The fourth-order valence-corrected chi connectivity index (χ4v) is 2.90. The second kappa shape index (κ2) is 12.7. The molecule has 1 aromatic carbocycles. The number of hydrogen-bond donors (Lipinski definition) is 1. The summed E-state index contributed by atoms with van der Waals surface area (Å²) < 4.78 is 11.0. The van der Waals surface area contributed by atoms with Crippen molar-refractivity contribution in [2.75, 3.05) is 6.54 Å². The zero-order valence-corrected chi connectivity index (χ0v) is 19.1. The smallest absolute Gasteiger partial charge is 0.309 e. The minimum absolute atomic E-state index is 0.0543. The van der Waals surface area contributed by atoms with Gasteiger partial charge in [-0.25, -0.2) is 0 Å². The molecule has 1 amide bonds. The lowest BCUT2D eigenvalue weighted by molar-refractivity contribution is -0.157. The maximum absolute atomic E-state index is 12.8. The van der Waals surface area contributed by atoms with Gasteiger partial charge in [-0.1, -0.05) is 49.4 Å². The molecule has 0 aliphatic heterocycles. The standard InChI is InChI=1S/C25H35NO5/c1-7-12-18(3)24(29)30-21(19-14-10-9-11-15-19)17-26-23(28)20(13-8-2)16-22(27)31-25(4,5)6/h7-11,14-15,18,20-21H,1-2,12-13,16-17H2,3-6H3,(H,26,28)/t18-,20+,21+/m1/s1. The molecule has 0 aliphatic rings. The third-order valence-corrected chi connectivity index (χ3v) is 4.47.